The van der Waals surface area contributed by atoms with Crippen molar-refractivity contribution in [2.75, 3.05) is 11.1 Å². The molecule has 0 bridgehead atoms. The predicted molar refractivity (Wildman–Crippen MR) is 125 cm³/mol. The van der Waals surface area contributed by atoms with E-state index >= 15 is 0 Å². The minimum Gasteiger partial charge on any atom is -0.397 e. The summed E-state index contributed by atoms with van der Waals surface area (Å²) in [7, 11) is 0. The number of hydrogen-bond acceptors (Lipinski definition) is 6. The Hall–Kier alpha value is -4.09. The number of carbonyl (C=O) groups is 2. The van der Waals surface area contributed by atoms with Crippen molar-refractivity contribution in [1.29, 1.82) is 0 Å². The Morgan fingerprint density at radius 2 is 1.84 bits per heavy atom. The van der Waals surface area contributed by atoms with Gasteiger partial charge in [-0.05, 0) is 38.0 Å². The lowest BCUT2D eigenvalue weighted by atomic mass is 9.94. The normalized spacial score (nSPS) is 15.1. The molecule has 12 heteroatoms. The van der Waals surface area contributed by atoms with E-state index in [-0.39, 0.29) is 29.1 Å². The molecule has 194 valence electrons. The van der Waals surface area contributed by atoms with E-state index in [0.717, 1.165) is 24.4 Å². The van der Waals surface area contributed by atoms with Gasteiger partial charge >= 0.3 is 6.18 Å². The number of ketones is 1. The summed E-state index contributed by atoms with van der Waals surface area (Å²) in [5, 5.41) is 4.89. The van der Waals surface area contributed by atoms with Crippen molar-refractivity contribution in [2.45, 2.75) is 38.4 Å². The number of benzene rings is 1. The molecule has 3 aromatic rings. The van der Waals surface area contributed by atoms with Gasteiger partial charge in [0.05, 0.1) is 46.0 Å². The van der Waals surface area contributed by atoms with Crippen LogP contribution in [0, 0.1) is 17.0 Å². The number of Topliss-reactive ketones (excluding diaryl/α,β-unsaturated/α-hetero) is 1. The van der Waals surface area contributed by atoms with Crippen LogP contribution in [-0.2, 0) is 11.0 Å². The van der Waals surface area contributed by atoms with Crippen molar-refractivity contribution in [2.24, 2.45) is 5.41 Å². The lowest BCUT2D eigenvalue weighted by Gasteiger charge is -2.20. The summed E-state index contributed by atoms with van der Waals surface area (Å²) in [6, 6.07) is 3.88. The zero-order valence-corrected chi connectivity index (χ0v) is 19.5. The molecule has 37 heavy (non-hydrogen) atoms. The fourth-order valence-corrected chi connectivity index (χ4v) is 3.94. The molecular formula is C25H22F5N5O2. The maximum absolute atomic E-state index is 14.8. The molecule has 2 aromatic heterocycles. The number of carbonyl (C=O) groups excluding carboxylic acids is 2. The van der Waals surface area contributed by atoms with Crippen LogP contribution in [0.5, 0.6) is 0 Å². The van der Waals surface area contributed by atoms with Crippen LogP contribution >= 0.6 is 0 Å². The van der Waals surface area contributed by atoms with Crippen LogP contribution in [0.4, 0.5) is 39.0 Å². The first-order valence-corrected chi connectivity index (χ1v) is 11.2. The number of pyridine rings is 2. The lowest BCUT2D eigenvalue weighted by Crippen LogP contribution is -2.36. The summed E-state index contributed by atoms with van der Waals surface area (Å²) >= 11 is 0. The summed E-state index contributed by atoms with van der Waals surface area (Å²) in [6.07, 6.45) is -0.170. The number of nitrogens with one attached hydrogen (secondary N) is 2. The topological polar surface area (TPSA) is 110 Å². The molecule has 1 aliphatic rings. The molecule has 0 radical (unpaired) electrons. The van der Waals surface area contributed by atoms with Gasteiger partial charge < -0.3 is 16.4 Å². The fraction of sp³-hybridized carbons (Fsp3) is 0.280. The third-order valence-corrected chi connectivity index (χ3v) is 6.13. The smallest absolute Gasteiger partial charge is 0.397 e. The lowest BCUT2D eigenvalue weighted by molar-refractivity contribution is -0.137. The first kappa shape index (κ1) is 26.0. The molecule has 0 saturated heterocycles. The number of nitrogen functional groups attached to an aromatic ring is 1. The Morgan fingerprint density at radius 1 is 1.11 bits per heavy atom. The molecule has 1 fully saturated rings. The number of aromatic nitrogens is 2. The van der Waals surface area contributed by atoms with Gasteiger partial charge in [0.1, 0.15) is 11.6 Å². The van der Waals surface area contributed by atoms with E-state index in [9.17, 15) is 31.5 Å². The standard InChI is InChI=1S/C25H22F5N5O2/c1-13(34-23(37)24(5-6-24)9-20(36)14-7-15(31)11-32-10-14)21-19(27)8-16(12-33-21)35-22-17(25(28,29)30)3-2-4-18(22)26/h2-4,7-8,10-13,35H,5-6,9,31H2,1H3,(H,34,37). The van der Waals surface area contributed by atoms with Gasteiger partial charge in [-0.25, -0.2) is 8.78 Å². The molecule has 0 aliphatic heterocycles. The van der Waals surface area contributed by atoms with Gasteiger partial charge in [-0.1, -0.05) is 6.07 Å². The van der Waals surface area contributed by atoms with E-state index < -0.39 is 46.4 Å². The second kappa shape index (κ2) is 9.75. The molecule has 2 heterocycles. The van der Waals surface area contributed by atoms with E-state index in [4.69, 9.17) is 5.73 Å². The number of alkyl halides is 3. The van der Waals surface area contributed by atoms with E-state index in [1.807, 2.05) is 0 Å². The molecule has 4 N–H and O–H groups in total. The number of rotatable bonds is 8. The third-order valence-electron chi connectivity index (χ3n) is 6.13. The van der Waals surface area contributed by atoms with Crippen LogP contribution in [-0.4, -0.2) is 21.7 Å². The second-order valence-electron chi connectivity index (χ2n) is 8.96. The number of anilines is 3. The minimum atomic E-state index is -4.83. The van der Waals surface area contributed by atoms with Gasteiger partial charge in [-0.2, -0.15) is 13.2 Å². The van der Waals surface area contributed by atoms with Crippen LogP contribution in [0.25, 0.3) is 0 Å². The summed E-state index contributed by atoms with van der Waals surface area (Å²) in [6.45, 7) is 1.48. The van der Waals surface area contributed by atoms with Gasteiger partial charge in [0.2, 0.25) is 5.91 Å². The maximum atomic E-state index is 14.8. The monoisotopic (exact) mass is 519 g/mol. The van der Waals surface area contributed by atoms with Gasteiger partial charge in [0.25, 0.3) is 0 Å². The molecule has 4 rings (SSSR count). The molecule has 1 amide bonds. The van der Waals surface area contributed by atoms with Crippen LogP contribution in [0.15, 0.2) is 48.9 Å². The molecule has 7 nitrogen and oxygen atoms in total. The van der Waals surface area contributed by atoms with Crippen LogP contribution in [0.2, 0.25) is 0 Å². The number of halogens is 5. The molecule has 1 unspecified atom stereocenters. The Bertz CT molecular complexity index is 1360. The van der Waals surface area contributed by atoms with E-state index in [1.54, 1.807) is 0 Å². The quantitative estimate of drug-likeness (QED) is 0.274. The van der Waals surface area contributed by atoms with Crippen LogP contribution in [0.3, 0.4) is 0 Å². The SMILES string of the molecule is CC(NC(=O)C1(CC(=O)c2cncc(N)c2)CC1)c1ncc(Nc2c(F)cccc2C(F)(F)F)cc1F. The average molecular weight is 519 g/mol. The Labute approximate surface area is 208 Å². The van der Waals surface area contributed by atoms with E-state index in [0.29, 0.717) is 24.6 Å². The predicted octanol–water partition coefficient (Wildman–Crippen LogP) is 5.33. The highest BCUT2D eigenvalue weighted by atomic mass is 19.4. The average Bonchev–Trinajstić information content (AvgIpc) is 3.60. The first-order valence-electron chi connectivity index (χ1n) is 11.2. The number of amides is 1. The highest BCUT2D eigenvalue weighted by molar-refractivity contribution is 6.01. The molecule has 0 spiro atoms. The Balaban J connectivity index is 1.45. The summed E-state index contributed by atoms with van der Waals surface area (Å²) < 4.78 is 68.6. The number of nitrogens with two attached hydrogens (primary N) is 1. The number of nitrogens with zero attached hydrogens (tertiary/aromatic N) is 2. The van der Waals surface area contributed by atoms with Crippen molar-refractivity contribution in [1.82, 2.24) is 15.3 Å². The van der Waals surface area contributed by atoms with E-state index in [1.165, 1.54) is 25.4 Å². The maximum Gasteiger partial charge on any atom is 0.418 e. The molecular weight excluding hydrogens is 497 g/mol. The fourth-order valence-electron chi connectivity index (χ4n) is 3.94. The minimum absolute atomic E-state index is 0.0698. The van der Waals surface area contributed by atoms with Crippen LogP contribution in [0.1, 0.15) is 53.8 Å². The third kappa shape index (κ3) is 5.68. The van der Waals surface area contributed by atoms with Crippen molar-refractivity contribution < 1.29 is 31.5 Å². The number of para-hydroxylation sites is 1. The van der Waals surface area contributed by atoms with Gasteiger partial charge in [-0.3, -0.25) is 19.6 Å². The summed E-state index contributed by atoms with van der Waals surface area (Å²) in [5.41, 5.74) is 2.82. The summed E-state index contributed by atoms with van der Waals surface area (Å²) in [4.78, 5) is 33.3. The molecule has 1 atom stereocenters. The number of hydrogen-bond donors (Lipinski definition) is 3. The van der Waals surface area contributed by atoms with E-state index in [2.05, 4.69) is 20.6 Å². The highest BCUT2D eigenvalue weighted by Crippen LogP contribution is 2.50. The van der Waals surface area contributed by atoms with Gasteiger partial charge in [-0.15, -0.1) is 0 Å². The zero-order valence-electron chi connectivity index (χ0n) is 19.5. The Morgan fingerprint density at radius 3 is 2.46 bits per heavy atom. The van der Waals surface area contributed by atoms with Crippen molar-refractivity contribution in [3.8, 4) is 0 Å². The van der Waals surface area contributed by atoms with Gasteiger partial charge in [0.15, 0.2) is 5.78 Å². The van der Waals surface area contributed by atoms with Gasteiger partial charge in [0, 0.05) is 30.4 Å². The Kier molecular flexibility index (Phi) is 6.85. The zero-order chi connectivity index (χ0) is 27.0. The molecule has 1 aromatic carbocycles. The van der Waals surface area contributed by atoms with Crippen molar-refractivity contribution in [3.63, 3.8) is 0 Å². The molecule has 1 saturated carbocycles. The van der Waals surface area contributed by atoms with Crippen molar-refractivity contribution >= 4 is 28.8 Å². The second-order valence-corrected chi connectivity index (χ2v) is 8.96. The largest absolute Gasteiger partial charge is 0.418 e. The van der Waals surface area contributed by atoms with Crippen LogP contribution < -0.4 is 16.4 Å². The summed E-state index contributed by atoms with van der Waals surface area (Å²) in [5.74, 6) is -2.84. The first-order chi connectivity index (χ1) is 17.4. The van der Waals surface area contributed by atoms with Crippen molar-refractivity contribution in [3.05, 3.63) is 77.4 Å². The molecule has 1 aliphatic carbocycles. The highest BCUT2D eigenvalue weighted by Gasteiger charge is 2.51.